The molecule has 0 saturated carbocycles. The van der Waals surface area contributed by atoms with Crippen molar-refractivity contribution in [2.75, 3.05) is 0 Å². The Morgan fingerprint density at radius 2 is 1.79 bits per heavy atom. The van der Waals surface area contributed by atoms with Gasteiger partial charge in [0.1, 0.15) is 6.04 Å². The van der Waals surface area contributed by atoms with Crippen molar-refractivity contribution in [3.8, 4) is 0 Å². The molecule has 1 aliphatic heterocycles. The third-order valence-corrected chi connectivity index (χ3v) is 4.98. The number of carbonyl (C=O) groups excluding carboxylic acids is 1. The van der Waals surface area contributed by atoms with E-state index in [9.17, 15) is 9.59 Å². The van der Waals surface area contributed by atoms with Crippen LogP contribution >= 0.6 is 0 Å². The first-order valence-corrected chi connectivity index (χ1v) is 9.42. The van der Waals surface area contributed by atoms with Crippen LogP contribution in [0.3, 0.4) is 0 Å². The van der Waals surface area contributed by atoms with Gasteiger partial charge in [-0.3, -0.25) is 14.6 Å². The van der Waals surface area contributed by atoms with Crippen molar-refractivity contribution in [2.45, 2.75) is 32.2 Å². The Labute approximate surface area is 167 Å². The fourth-order valence-corrected chi connectivity index (χ4v) is 3.49. The molecule has 1 atom stereocenters. The molecule has 3 aromatic rings. The van der Waals surface area contributed by atoms with Gasteiger partial charge >= 0.3 is 5.97 Å². The fraction of sp³-hybridized carbons (Fsp3) is 0.227. The van der Waals surface area contributed by atoms with Gasteiger partial charge in [0, 0.05) is 18.4 Å². The summed E-state index contributed by atoms with van der Waals surface area (Å²) in [4.78, 5) is 32.8. The van der Waals surface area contributed by atoms with E-state index in [1.165, 1.54) is 5.01 Å². The molecular weight excluding hydrogens is 368 g/mol. The standard InChI is InChI=1S/C22H20N4O3/c1-14-6-2-3-7-15(14)18-12-20(26(25-18)21(27)10-11-22(28)29)19-13-23-16-8-4-5-9-17(16)24-19/h2-9,13,20H,10-12H2,1H3,(H,28,29)/t20-/m1/s1. The second-order valence-corrected chi connectivity index (χ2v) is 7.00. The van der Waals surface area contributed by atoms with E-state index in [2.05, 4.69) is 15.1 Å². The number of carboxylic acid groups (broad SMARTS) is 1. The lowest BCUT2D eigenvalue weighted by molar-refractivity contribution is -0.141. The molecule has 0 fully saturated rings. The van der Waals surface area contributed by atoms with Crippen molar-refractivity contribution in [3.63, 3.8) is 0 Å². The van der Waals surface area contributed by atoms with Gasteiger partial charge in [-0.1, -0.05) is 36.4 Å². The Morgan fingerprint density at radius 1 is 1.07 bits per heavy atom. The normalized spacial score (nSPS) is 16.1. The summed E-state index contributed by atoms with van der Waals surface area (Å²) in [6.07, 6.45) is 1.82. The Kier molecular flexibility index (Phi) is 5.03. The number of hydrogen-bond acceptors (Lipinski definition) is 5. The number of benzene rings is 2. The first-order valence-electron chi connectivity index (χ1n) is 9.42. The van der Waals surface area contributed by atoms with Crippen molar-refractivity contribution >= 4 is 28.6 Å². The van der Waals surface area contributed by atoms with Gasteiger partial charge in [-0.05, 0) is 24.6 Å². The van der Waals surface area contributed by atoms with Gasteiger partial charge in [0.2, 0.25) is 5.91 Å². The van der Waals surface area contributed by atoms with E-state index in [4.69, 9.17) is 5.11 Å². The molecule has 0 saturated heterocycles. The van der Waals surface area contributed by atoms with Crippen molar-refractivity contribution < 1.29 is 14.7 Å². The lowest BCUT2D eigenvalue weighted by Gasteiger charge is -2.21. The number of fused-ring (bicyclic) bond motifs is 1. The molecule has 2 heterocycles. The molecule has 29 heavy (non-hydrogen) atoms. The SMILES string of the molecule is Cc1ccccc1C1=NN(C(=O)CCC(=O)O)[C@@H](c2cnc3ccccc3n2)C1. The predicted molar refractivity (Wildman–Crippen MR) is 108 cm³/mol. The molecule has 7 nitrogen and oxygen atoms in total. The van der Waals surface area contributed by atoms with E-state index < -0.39 is 12.0 Å². The van der Waals surface area contributed by atoms with Gasteiger partial charge in [0.15, 0.2) is 0 Å². The molecule has 146 valence electrons. The van der Waals surface area contributed by atoms with E-state index in [0.717, 1.165) is 27.9 Å². The zero-order valence-electron chi connectivity index (χ0n) is 15.9. The van der Waals surface area contributed by atoms with E-state index in [-0.39, 0.29) is 18.7 Å². The Morgan fingerprint density at radius 3 is 2.55 bits per heavy atom. The molecule has 4 rings (SSSR count). The summed E-state index contributed by atoms with van der Waals surface area (Å²) in [5.41, 5.74) is 4.98. The smallest absolute Gasteiger partial charge is 0.303 e. The molecule has 2 aromatic carbocycles. The van der Waals surface area contributed by atoms with Crippen LogP contribution in [-0.4, -0.2) is 37.7 Å². The van der Waals surface area contributed by atoms with Crippen LogP contribution in [0.4, 0.5) is 0 Å². The third-order valence-electron chi connectivity index (χ3n) is 4.98. The number of aromatic nitrogens is 2. The van der Waals surface area contributed by atoms with Gasteiger partial charge in [-0.15, -0.1) is 0 Å². The van der Waals surface area contributed by atoms with E-state index in [1.54, 1.807) is 6.20 Å². The Bertz CT molecular complexity index is 1130. The van der Waals surface area contributed by atoms with Crippen LogP contribution in [0.2, 0.25) is 0 Å². The first kappa shape index (κ1) is 18.7. The molecule has 7 heteroatoms. The zero-order valence-corrected chi connectivity index (χ0v) is 15.9. The Hall–Kier alpha value is -3.61. The number of carboxylic acids is 1. The van der Waals surface area contributed by atoms with Gasteiger partial charge < -0.3 is 5.11 Å². The average molecular weight is 388 g/mol. The number of hydrazone groups is 1. The summed E-state index contributed by atoms with van der Waals surface area (Å²) in [6.45, 7) is 2.00. The summed E-state index contributed by atoms with van der Waals surface area (Å²) in [7, 11) is 0. The van der Waals surface area contributed by atoms with Gasteiger partial charge in [0.05, 0.1) is 35.1 Å². The molecule has 1 aliphatic rings. The maximum Gasteiger partial charge on any atom is 0.303 e. The summed E-state index contributed by atoms with van der Waals surface area (Å²) >= 11 is 0. The quantitative estimate of drug-likeness (QED) is 0.722. The molecule has 0 unspecified atom stereocenters. The monoisotopic (exact) mass is 388 g/mol. The highest BCUT2D eigenvalue weighted by molar-refractivity contribution is 6.04. The van der Waals surface area contributed by atoms with E-state index in [0.29, 0.717) is 12.1 Å². The van der Waals surface area contributed by atoms with Crippen LogP contribution in [0.1, 0.15) is 42.1 Å². The molecule has 1 N–H and O–H groups in total. The predicted octanol–water partition coefficient (Wildman–Crippen LogP) is 3.48. The second-order valence-electron chi connectivity index (χ2n) is 7.00. The number of rotatable bonds is 5. The maximum absolute atomic E-state index is 12.8. The van der Waals surface area contributed by atoms with Gasteiger partial charge in [0.25, 0.3) is 0 Å². The lowest BCUT2D eigenvalue weighted by Crippen LogP contribution is -2.28. The molecule has 0 radical (unpaired) electrons. The highest BCUT2D eigenvalue weighted by Crippen LogP contribution is 2.33. The zero-order chi connectivity index (χ0) is 20.4. The highest BCUT2D eigenvalue weighted by atomic mass is 16.4. The van der Waals surface area contributed by atoms with Crippen molar-refractivity contribution in [3.05, 3.63) is 71.5 Å². The molecular formula is C22H20N4O3. The number of para-hydroxylation sites is 2. The number of nitrogens with zero attached hydrogens (tertiary/aromatic N) is 4. The second kappa shape index (κ2) is 7.79. The average Bonchev–Trinajstić information content (AvgIpc) is 3.17. The number of amides is 1. The van der Waals surface area contributed by atoms with Crippen LogP contribution < -0.4 is 0 Å². The number of hydrogen-bond donors (Lipinski definition) is 1. The van der Waals surface area contributed by atoms with E-state index >= 15 is 0 Å². The molecule has 1 aromatic heterocycles. The largest absolute Gasteiger partial charge is 0.481 e. The topological polar surface area (TPSA) is 95.8 Å². The van der Waals surface area contributed by atoms with Crippen molar-refractivity contribution in [1.29, 1.82) is 0 Å². The minimum Gasteiger partial charge on any atom is -0.481 e. The molecule has 0 spiro atoms. The molecule has 1 amide bonds. The molecule has 0 bridgehead atoms. The van der Waals surface area contributed by atoms with Crippen LogP contribution in [-0.2, 0) is 9.59 Å². The summed E-state index contributed by atoms with van der Waals surface area (Å²) in [5, 5.41) is 14.9. The molecule has 0 aliphatic carbocycles. The van der Waals surface area contributed by atoms with Crippen LogP contribution in [0.25, 0.3) is 11.0 Å². The number of carbonyl (C=O) groups is 2. The number of aryl methyl sites for hydroxylation is 1. The van der Waals surface area contributed by atoms with Crippen LogP contribution in [0, 0.1) is 6.92 Å². The van der Waals surface area contributed by atoms with Crippen molar-refractivity contribution in [2.24, 2.45) is 5.10 Å². The van der Waals surface area contributed by atoms with Gasteiger partial charge in [-0.2, -0.15) is 5.10 Å². The summed E-state index contributed by atoms with van der Waals surface area (Å²) in [6, 6.07) is 15.0. The maximum atomic E-state index is 12.8. The fourth-order valence-electron chi connectivity index (χ4n) is 3.49. The van der Waals surface area contributed by atoms with Crippen molar-refractivity contribution in [1.82, 2.24) is 15.0 Å². The lowest BCUT2D eigenvalue weighted by atomic mass is 9.98. The van der Waals surface area contributed by atoms with Crippen LogP contribution in [0.5, 0.6) is 0 Å². The summed E-state index contributed by atoms with van der Waals surface area (Å²) in [5.74, 6) is -1.35. The number of aliphatic carboxylic acids is 1. The van der Waals surface area contributed by atoms with Crippen LogP contribution in [0.15, 0.2) is 59.8 Å². The Balaban J connectivity index is 1.71. The van der Waals surface area contributed by atoms with E-state index in [1.807, 2.05) is 55.5 Å². The van der Waals surface area contributed by atoms with Gasteiger partial charge in [-0.25, -0.2) is 9.99 Å². The summed E-state index contributed by atoms with van der Waals surface area (Å²) < 4.78 is 0. The minimum atomic E-state index is -1.01. The highest BCUT2D eigenvalue weighted by Gasteiger charge is 2.34. The first-order chi connectivity index (χ1) is 14.0. The minimum absolute atomic E-state index is 0.114. The third kappa shape index (κ3) is 3.85.